The number of rotatable bonds is 6. The van der Waals surface area contributed by atoms with Crippen molar-refractivity contribution in [2.45, 2.75) is 26.1 Å². The summed E-state index contributed by atoms with van der Waals surface area (Å²) in [6.07, 6.45) is -9.69. The lowest BCUT2D eigenvalue weighted by molar-refractivity contribution is -0.390. The summed E-state index contributed by atoms with van der Waals surface area (Å²) in [5.74, 6) is -3.60. The van der Waals surface area contributed by atoms with Gasteiger partial charge in [0.25, 0.3) is 5.69 Å². The van der Waals surface area contributed by atoms with Gasteiger partial charge in [0.15, 0.2) is 5.75 Å². The van der Waals surface area contributed by atoms with Gasteiger partial charge in [-0.1, -0.05) is 0 Å². The highest BCUT2D eigenvalue weighted by atomic mass is 19.4. The second-order valence-corrected chi connectivity index (χ2v) is 3.94. The van der Waals surface area contributed by atoms with E-state index in [9.17, 15) is 36.9 Å². The number of pyridine rings is 1. The maximum Gasteiger partial charge on any atom is 0.573 e. The Morgan fingerprint density at radius 1 is 1.43 bits per heavy atom. The smallest absolute Gasteiger partial charge is 0.466 e. The third-order valence-corrected chi connectivity index (χ3v) is 2.32. The van der Waals surface area contributed by atoms with Crippen molar-refractivity contribution >= 4 is 11.8 Å². The van der Waals surface area contributed by atoms with Gasteiger partial charge in [0.05, 0.1) is 18.6 Å². The summed E-state index contributed by atoms with van der Waals surface area (Å²) in [6.45, 7) is 1.35. The van der Waals surface area contributed by atoms with E-state index in [0.717, 1.165) is 0 Å². The fourth-order valence-corrected chi connectivity index (χ4v) is 1.56. The summed E-state index contributed by atoms with van der Waals surface area (Å²) in [5.41, 5.74) is -2.20. The predicted octanol–water partition coefficient (Wildman–Crippen LogP) is 2.93. The lowest BCUT2D eigenvalue weighted by atomic mass is 10.1. The molecule has 12 heteroatoms. The van der Waals surface area contributed by atoms with Gasteiger partial charge in [-0.2, -0.15) is 0 Å². The van der Waals surface area contributed by atoms with E-state index < -0.39 is 52.9 Å². The number of esters is 1. The van der Waals surface area contributed by atoms with Crippen molar-refractivity contribution in [2.24, 2.45) is 0 Å². The molecule has 0 spiro atoms. The highest BCUT2D eigenvalue weighted by molar-refractivity contribution is 5.74. The van der Waals surface area contributed by atoms with Crippen LogP contribution in [0.3, 0.4) is 0 Å². The molecule has 0 unspecified atom stereocenters. The Morgan fingerprint density at radius 2 is 2.04 bits per heavy atom. The third-order valence-electron chi connectivity index (χ3n) is 2.32. The fraction of sp³-hybridized carbons (Fsp3) is 0.455. The second kappa shape index (κ2) is 7.15. The van der Waals surface area contributed by atoms with Crippen LogP contribution in [0.25, 0.3) is 0 Å². The van der Waals surface area contributed by atoms with Gasteiger partial charge in [-0.25, -0.2) is 8.78 Å². The van der Waals surface area contributed by atoms with Crippen LogP contribution in [0.15, 0.2) is 6.07 Å². The molecule has 0 aliphatic heterocycles. The first-order valence-corrected chi connectivity index (χ1v) is 5.92. The molecule has 0 N–H and O–H groups in total. The predicted molar refractivity (Wildman–Crippen MR) is 62.9 cm³/mol. The molecule has 0 aliphatic carbocycles. The molecule has 1 rings (SSSR count). The van der Waals surface area contributed by atoms with E-state index >= 15 is 0 Å². The summed E-state index contributed by atoms with van der Waals surface area (Å²) in [4.78, 5) is 23.8. The van der Waals surface area contributed by atoms with Gasteiger partial charge in [0.2, 0.25) is 0 Å². The Kier molecular flexibility index (Phi) is 5.76. The summed E-state index contributed by atoms with van der Waals surface area (Å²) >= 11 is 0. The molecule has 0 radical (unpaired) electrons. The van der Waals surface area contributed by atoms with E-state index in [4.69, 9.17) is 0 Å². The van der Waals surface area contributed by atoms with Crippen molar-refractivity contribution in [3.63, 3.8) is 0 Å². The topological polar surface area (TPSA) is 91.6 Å². The number of ether oxygens (including phenoxy) is 2. The number of hydrogen-bond acceptors (Lipinski definition) is 6. The Hall–Kier alpha value is -2.53. The minimum absolute atomic E-state index is 0.0823. The molecule has 0 bridgehead atoms. The zero-order valence-corrected chi connectivity index (χ0v) is 11.4. The monoisotopic (exact) mass is 344 g/mol. The molecule has 128 valence electrons. The molecule has 1 heterocycles. The highest BCUT2D eigenvalue weighted by Gasteiger charge is 2.37. The molecular weight excluding hydrogens is 335 g/mol. The molecular formula is C11H9F5N2O5. The average molecular weight is 344 g/mol. The lowest BCUT2D eigenvalue weighted by Gasteiger charge is -2.12. The summed E-state index contributed by atoms with van der Waals surface area (Å²) in [6, 6.07) is 0.330. The number of aromatic nitrogens is 1. The number of hydrogen-bond donors (Lipinski definition) is 0. The Balaban J connectivity index is 3.39. The van der Waals surface area contributed by atoms with Crippen LogP contribution in [0.4, 0.5) is 27.8 Å². The molecule has 0 fully saturated rings. The third kappa shape index (κ3) is 5.30. The molecule has 0 saturated carbocycles. The molecule has 0 saturated heterocycles. The molecule has 0 atom stereocenters. The molecule has 0 amide bonds. The molecule has 0 aromatic carbocycles. The van der Waals surface area contributed by atoms with Crippen LogP contribution in [0.5, 0.6) is 5.75 Å². The number of nitrogens with zero attached hydrogens (tertiary/aromatic N) is 2. The van der Waals surface area contributed by atoms with Crippen LogP contribution in [0.2, 0.25) is 0 Å². The maximum absolute atomic E-state index is 12.7. The summed E-state index contributed by atoms with van der Waals surface area (Å²) < 4.78 is 70.1. The summed E-state index contributed by atoms with van der Waals surface area (Å²) in [5, 5.41) is 10.8. The largest absolute Gasteiger partial charge is 0.573 e. The molecule has 7 nitrogen and oxygen atoms in total. The minimum atomic E-state index is -5.32. The first-order chi connectivity index (χ1) is 10.5. The average Bonchev–Trinajstić information content (AvgIpc) is 2.36. The Morgan fingerprint density at radius 3 is 2.48 bits per heavy atom. The van der Waals surface area contributed by atoms with E-state index in [1.54, 1.807) is 0 Å². The van der Waals surface area contributed by atoms with Crippen LogP contribution in [-0.2, 0) is 16.0 Å². The quantitative estimate of drug-likeness (QED) is 0.341. The second-order valence-electron chi connectivity index (χ2n) is 3.94. The van der Waals surface area contributed by atoms with Crippen LogP contribution < -0.4 is 4.74 Å². The van der Waals surface area contributed by atoms with Gasteiger partial charge in [-0.15, -0.1) is 13.2 Å². The molecule has 23 heavy (non-hydrogen) atoms. The normalized spacial score (nSPS) is 11.4. The van der Waals surface area contributed by atoms with Crippen LogP contribution in [0, 0.1) is 10.1 Å². The van der Waals surface area contributed by atoms with Crippen LogP contribution >= 0.6 is 0 Å². The Bertz CT molecular complexity index is 605. The fourth-order valence-electron chi connectivity index (χ4n) is 1.56. The van der Waals surface area contributed by atoms with Gasteiger partial charge in [-0.3, -0.25) is 4.79 Å². The van der Waals surface area contributed by atoms with Gasteiger partial charge in [0.1, 0.15) is 0 Å². The number of carbonyl (C=O) groups is 1. The van der Waals surface area contributed by atoms with E-state index in [-0.39, 0.29) is 6.61 Å². The number of carbonyl (C=O) groups excluding carboxylic acids is 1. The van der Waals surface area contributed by atoms with E-state index in [2.05, 4.69) is 14.5 Å². The first kappa shape index (κ1) is 18.5. The molecule has 0 aliphatic rings. The van der Waals surface area contributed by atoms with Crippen molar-refractivity contribution in [1.29, 1.82) is 0 Å². The van der Waals surface area contributed by atoms with Gasteiger partial charge >= 0.3 is 24.6 Å². The van der Waals surface area contributed by atoms with Crippen molar-refractivity contribution < 1.29 is 41.1 Å². The zero-order chi connectivity index (χ0) is 17.8. The van der Waals surface area contributed by atoms with Gasteiger partial charge in [-0.05, 0) is 22.9 Å². The van der Waals surface area contributed by atoms with E-state index in [1.807, 2.05) is 0 Å². The standard InChI is InChI=1S/C11H9F5N2O5/c1-2-22-7(19)4-5-3-6(23-11(14,15)16)8(9(12)13)17-10(5)18(20)21/h3,9H,2,4H2,1H3. The van der Waals surface area contributed by atoms with Crippen molar-refractivity contribution in [2.75, 3.05) is 6.61 Å². The number of nitro groups is 1. The highest BCUT2D eigenvalue weighted by Crippen LogP contribution is 2.35. The Labute approximate surface area is 125 Å². The zero-order valence-electron chi connectivity index (χ0n) is 11.4. The number of alkyl halides is 5. The van der Waals surface area contributed by atoms with Crippen molar-refractivity contribution in [3.05, 3.63) is 27.4 Å². The van der Waals surface area contributed by atoms with Gasteiger partial charge < -0.3 is 19.6 Å². The SMILES string of the molecule is CCOC(=O)Cc1cc(OC(F)(F)F)c(C(F)F)nc1[N+](=O)[O-]. The summed E-state index contributed by atoms with van der Waals surface area (Å²) in [7, 11) is 0. The van der Waals surface area contributed by atoms with Crippen molar-refractivity contribution in [3.8, 4) is 5.75 Å². The van der Waals surface area contributed by atoms with E-state index in [1.165, 1.54) is 6.92 Å². The number of halogens is 5. The van der Waals surface area contributed by atoms with Crippen molar-refractivity contribution in [1.82, 2.24) is 4.98 Å². The van der Waals surface area contributed by atoms with Crippen LogP contribution in [-0.4, -0.2) is 28.8 Å². The van der Waals surface area contributed by atoms with Crippen LogP contribution in [0.1, 0.15) is 24.6 Å². The molecule has 1 aromatic rings. The molecule has 1 aromatic heterocycles. The first-order valence-electron chi connectivity index (χ1n) is 5.92. The maximum atomic E-state index is 12.7. The van der Waals surface area contributed by atoms with E-state index in [0.29, 0.717) is 6.07 Å². The minimum Gasteiger partial charge on any atom is -0.466 e. The lowest BCUT2D eigenvalue weighted by Crippen LogP contribution is -2.20. The van der Waals surface area contributed by atoms with Gasteiger partial charge in [0, 0.05) is 0 Å².